The van der Waals surface area contributed by atoms with E-state index in [1.165, 1.54) is 6.92 Å². The Labute approximate surface area is 228 Å². The van der Waals surface area contributed by atoms with E-state index in [-0.39, 0.29) is 16.9 Å². The van der Waals surface area contributed by atoms with Gasteiger partial charge in [0.25, 0.3) is 5.91 Å². The Morgan fingerprint density at radius 2 is 1.46 bits per heavy atom. The Morgan fingerprint density at radius 3 is 2.02 bits per heavy atom. The fraction of sp³-hybridized carbons (Fsp3) is 0.208. The predicted molar refractivity (Wildman–Crippen MR) is 121 cm³/mol. The van der Waals surface area contributed by atoms with E-state index in [0.29, 0.717) is 24.3 Å². The zero-order chi connectivity index (χ0) is 33.2. The van der Waals surface area contributed by atoms with Gasteiger partial charge in [-0.3, -0.25) is 4.79 Å². The molecule has 0 aliphatic heterocycles. The minimum absolute atomic E-state index is 0.160. The van der Waals surface area contributed by atoms with Gasteiger partial charge in [-0.05, 0) is 42.8 Å². The van der Waals surface area contributed by atoms with E-state index in [4.69, 9.17) is 8.85 Å². The first-order valence-electron chi connectivity index (χ1n) is 12.1. The first-order valence-corrected chi connectivity index (χ1v) is 10.6. The number of nitrogens with one attached hydrogen (secondary N) is 1. The van der Waals surface area contributed by atoms with Crippen molar-refractivity contribution >= 4 is 17.6 Å². The molecule has 1 heterocycles. The summed E-state index contributed by atoms with van der Waals surface area (Å²) in [4.78, 5) is 28.8. The topological polar surface area (TPSA) is 105 Å². The zero-order valence-corrected chi connectivity index (χ0v) is 20.3. The summed E-state index contributed by atoms with van der Waals surface area (Å²) in [5.74, 6) is -13.3. The van der Waals surface area contributed by atoms with E-state index in [2.05, 4.69) is 29.2 Å². The maximum Gasteiger partial charge on any atom is 0.573 e. The van der Waals surface area contributed by atoms with Gasteiger partial charge >= 0.3 is 18.7 Å². The van der Waals surface area contributed by atoms with Crippen LogP contribution in [0.15, 0.2) is 36.5 Å². The molecule has 9 nitrogen and oxygen atoms in total. The first-order chi connectivity index (χ1) is 20.2. The molecular formula is C24H16F8N2O7. The first kappa shape index (κ1) is 26.4. The summed E-state index contributed by atoms with van der Waals surface area (Å²) in [6.45, 7) is 1.37. The smallest absolute Gasteiger partial charge is 0.490 e. The molecule has 3 aromatic rings. The lowest BCUT2D eigenvalue weighted by Crippen LogP contribution is -2.21. The van der Waals surface area contributed by atoms with Crippen LogP contribution in [0, 0.1) is 18.6 Å². The number of anilines is 1. The van der Waals surface area contributed by atoms with E-state index in [9.17, 15) is 40.3 Å². The molecule has 0 aliphatic carbocycles. The second kappa shape index (κ2) is 11.7. The maximum atomic E-state index is 15.4. The summed E-state index contributed by atoms with van der Waals surface area (Å²) < 4.78 is 150. The van der Waals surface area contributed by atoms with Gasteiger partial charge in [-0.25, -0.2) is 14.2 Å². The van der Waals surface area contributed by atoms with Gasteiger partial charge < -0.3 is 29.0 Å². The number of hydrogen-bond donors (Lipinski definition) is 1. The Balaban J connectivity index is 2.17. The molecule has 0 fully saturated rings. The average molecular weight is 599 g/mol. The summed E-state index contributed by atoms with van der Waals surface area (Å²) in [5.41, 5.74) is -1.75. The van der Waals surface area contributed by atoms with Gasteiger partial charge in [-0.15, -0.1) is 26.3 Å². The van der Waals surface area contributed by atoms with Crippen molar-refractivity contribution in [3.8, 4) is 28.7 Å². The van der Waals surface area contributed by atoms with E-state index in [1.807, 2.05) is 0 Å². The molecule has 0 unspecified atom stereocenters. The van der Waals surface area contributed by atoms with Crippen LogP contribution < -0.4 is 24.3 Å². The number of carbonyl (C=O) groups is 2. The standard InChI is InChI=1S/C24H16F8N2O7/c1-10-9-33-12(22(36)38-3)8-11(10)34-21(35)17-13(4-5-14(18(17)25)40-23(27,28)29)39-16-7-6-15(41-24(30,31)32)19(26)20(16)37-2/h4-9H,1-3H3,(H,33,34,35)/i2D3. The fourth-order valence-corrected chi connectivity index (χ4v) is 3.12. The molecule has 220 valence electrons. The van der Waals surface area contributed by atoms with Gasteiger partial charge in [-0.1, -0.05) is 0 Å². The normalized spacial score (nSPS) is 12.9. The molecule has 0 saturated heterocycles. The SMILES string of the molecule is [2H]C([2H])([2H])Oc1c(Oc2ccc(OC(F)(F)F)c(F)c2C(=O)Nc2cc(C(=O)OC)ncc2C)ccc(OC(F)(F)F)c1F. The molecule has 3 rings (SSSR count). The van der Waals surface area contributed by atoms with E-state index >= 15 is 4.39 Å². The number of aromatic nitrogens is 1. The molecule has 1 aromatic heterocycles. The number of aryl methyl sites for hydroxylation is 1. The van der Waals surface area contributed by atoms with Crippen molar-refractivity contribution in [2.45, 2.75) is 19.6 Å². The van der Waals surface area contributed by atoms with Crippen LogP contribution in [0.2, 0.25) is 0 Å². The van der Waals surface area contributed by atoms with Crippen LogP contribution in [0.4, 0.5) is 40.8 Å². The third-order valence-corrected chi connectivity index (χ3v) is 4.84. The molecule has 0 saturated carbocycles. The Kier molecular flexibility index (Phi) is 7.55. The van der Waals surface area contributed by atoms with Crippen molar-refractivity contribution in [2.75, 3.05) is 19.5 Å². The predicted octanol–water partition coefficient (Wildman–Crippen LogP) is 6.31. The third-order valence-electron chi connectivity index (χ3n) is 4.84. The number of hydrogen-bond acceptors (Lipinski definition) is 8. The van der Waals surface area contributed by atoms with E-state index < -0.39 is 77.6 Å². The lowest BCUT2D eigenvalue weighted by Gasteiger charge is -2.18. The van der Waals surface area contributed by atoms with Gasteiger partial charge in [0.05, 0.1) is 18.3 Å². The number of benzene rings is 2. The lowest BCUT2D eigenvalue weighted by atomic mass is 10.1. The van der Waals surface area contributed by atoms with Gasteiger partial charge in [0.15, 0.2) is 23.1 Å². The highest BCUT2D eigenvalue weighted by molar-refractivity contribution is 6.07. The number of esters is 1. The summed E-state index contributed by atoms with van der Waals surface area (Å²) in [7, 11) is -2.50. The zero-order valence-electron chi connectivity index (χ0n) is 23.3. The fourth-order valence-electron chi connectivity index (χ4n) is 3.12. The Morgan fingerprint density at radius 1 is 0.902 bits per heavy atom. The minimum atomic E-state index is -5.45. The second-order valence-corrected chi connectivity index (χ2v) is 7.59. The Bertz CT molecular complexity index is 1580. The van der Waals surface area contributed by atoms with Crippen molar-refractivity contribution in [1.29, 1.82) is 0 Å². The number of ether oxygens (including phenoxy) is 5. The Hall–Kier alpha value is -4.83. The van der Waals surface area contributed by atoms with Crippen molar-refractivity contribution < 1.29 is 72.5 Å². The largest absolute Gasteiger partial charge is 0.573 e. The molecule has 0 spiro atoms. The molecule has 0 aliphatic rings. The maximum absolute atomic E-state index is 15.4. The van der Waals surface area contributed by atoms with Crippen LogP contribution >= 0.6 is 0 Å². The van der Waals surface area contributed by atoms with Gasteiger partial charge in [0.2, 0.25) is 11.6 Å². The molecule has 0 bridgehead atoms. The van der Waals surface area contributed by atoms with Crippen LogP contribution in [0.25, 0.3) is 0 Å². The number of amides is 1. The lowest BCUT2D eigenvalue weighted by molar-refractivity contribution is -0.276. The third kappa shape index (κ3) is 7.43. The van der Waals surface area contributed by atoms with Gasteiger partial charge in [-0.2, -0.15) is 4.39 Å². The summed E-state index contributed by atoms with van der Waals surface area (Å²) >= 11 is 0. The van der Waals surface area contributed by atoms with E-state index in [0.717, 1.165) is 19.4 Å². The molecule has 1 amide bonds. The number of alkyl halides is 6. The minimum Gasteiger partial charge on any atom is -0.490 e. The van der Waals surface area contributed by atoms with E-state index in [1.54, 1.807) is 0 Å². The molecule has 17 heteroatoms. The van der Waals surface area contributed by atoms with Crippen LogP contribution in [0.5, 0.6) is 28.7 Å². The molecular weight excluding hydrogens is 580 g/mol. The molecule has 0 atom stereocenters. The monoisotopic (exact) mass is 599 g/mol. The van der Waals surface area contributed by atoms with Crippen LogP contribution in [0.3, 0.4) is 0 Å². The molecule has 1 N–H and O–H groups in total. The highest BCUT2D eigenvalue weighted by Gasteiger charge is 2.36. The van der Waals surface area contributed by atoms with Crippen LogP contribution in [0.1, 0.15) is 30.5 Å². The summed E-state index contributed by atoms with van der Waals surface area (Å²) in [6, 6.07) is 2.64. The number of pyridine rings is 1. The van der Waals surface area contributed by atoms with Gasteiger partial charge in [0, 0.05) is 11.9 Å². The van der Waals surface area contributed by atoms with Crippen molar-refractivity contribution in [3.63, 3.8) is 0 Å². The molecule has 41 heavy (non-hydrogen) atoms. The quantitative estimate of drug-likeness (QED) is 0.238. The average Bonchev–Trinajstić information content (AvgIpc) is 2.88. The summed E-state index contributed by atoms with van der Waals surface area (Å²) in [6.07, 6.45) is -9.81. The highest BCUT2D eigenvalue weighted by atomic mass is 19.4. The molecule has 0 radical (unpaired) electrons. The van der Waals surface area contributed by atoms with Crippen LogP contribution in [-0.2, 0) is 4.74 Å². The van der Waals surface area contributed by atoms with Gasteiger partial charge in [0.1, 0.15) is 17.0 Å². The highest BCUT2D eigenvalue weighted by Crippen LogP contribution is 2.42. The second-order valence-electron chi connectivity index (χ2n) is 7.59. The molecule has 2 aromatic carbocycles. The number of rotatable bonds is 8. The van der Waals surface area contributed by atoms with Crippen molar-refractivity contribution in [3.05, 3.63) is 65.0 Å². The van der Waals surface area contributed by atoms with Crippen LogP contribution in [-0.4, -0.2) is 43.7 Å². The number of methoxy groups -OCH3 is 2. The number of carbonyl (C=O) groups excluding carboxylic acids is 2. The summed E-state index contributed by atoms with van der Waals surface area (Å²) in [5, 5.41) is 2.12. The van der Waals surface area contributed by atoms with Crippen molar-refractivity contribution in [1.82, 2.24) is 4.98 Å². The van der Waals surface area contributed by atoms with Crippen molar-refractivity contribution in [2.24, 2.45) is 0 Å². The number of nitrogens with zero attached hydrogens (tertiary/aromatic N) is 1. The number of halogens is 8.